The molecular weight excluding hydrogens is 300 g/mol. The highest BCUT2D eigenvalue weighted by Gasteiger charge is 2.16. The Morgan fingerprint density at radius 2 is 2.05 bits per heavy atom. The highest BCUT2D eigenvalue weighted by atomic mass is 32.1. The van der Waals surface area contributed by atoms with Gasteiger partial charge in [-0.2, -0.15) is 0 Å². The highest BCUT2D eigenvalue weighted by molar-refractivity contribution is 7.13. The number of benzene rings is 1. The van der Waals surface area contributed by atoms with E-state index in [-0.39, 0.29) is 24.3 Å². The zero-order valence-corrected chi connectivity index (χ0v) is 13.2. The van der Waals surface area contributed by atoms with E-state index in [1.54, 1.807) is 3.96 Å². The number of carbonyl (C=O) groups excluding carboxylic acids is 1. The van der Waals surface area contributed by atoms with Gasteiger partial charge in [0.05, 0.1) is 16.6 Å². The van der Waals surface area contributed by atoms with Crippen molar-refractivity contribution in [3.8, 4) is 0 Å². The molecule has 0 radical (unpaired) electrons. The van der Waals surface area contributed by atoms with Crippen LogP contribution in [-0.2, 0) is 11.3 Å². The molecule has 1 fully saturated rings. The third kappa shape index (κ3) is 3.50. The van der Waals surface area contributed by atoms with E-state index < -0.39 is 0 Å². The molecule has 2 aromatic rings. The molecule has 1 aliphatic carbocycles. The molecule has 1 aliphatic rings. The minimum atomic E-state index is -0.374. The van der Waals surface area contributed by atoms with E-state index in [4.69, 9.17) is 4.74 Å². The first-order valence-corrected chi connectivity index (χ1v) is 8.53. The van der Waals surface area contributed by atoms with Gasteiger partial charge in [0.1, 0.15) is 6.61 Å². The van der Waals surface area contributed by atoms with Gasteiger partial charge in [-0.25, -0.2) is 4.79 Å². The molecule has 0 atom stereocenters. The molecule has 1 N–H and O–H groups in total. The van der Waals surface area contributed by atoms with Crippen LogP contribution in [-0.4, -0.2) is 22.7 Å². The van der Waals surface area contributed by atoms with E-state index in [1.165, 1.54) is 30.8 Å². The van der Waals surface area contributed by atoms with Crippen LogP contribution in [0.3, 0.4) is 0 Å². The van der Waals surface area contributed by atoms with Gasteiger partial charge < -0.3 is 10.1 Å². The average molecular weight is 320 g/mol. The minimum Gasteiger partial charge on any atom is -0.448 e. The molecule has 5 nitrogen and oxygen atoms in total. The Morgan fingerprint density at radius 3 is 2.82 bits per heavy atom. The lowest BCUT2D eigenvalue weighted by Crippen LogP contribution is -2.37. The summed E-state index contributed by atoms with van der Waals surface area (Å²) in [6, 6.07) is 7.76. The molecule has 0 spiro atoms. The van der Waals surface area contributed by atoms with Crippen molar-refractivity contribution in [2.75, 3.05) is 6.61 Å². The SMILES string of the molecule is O=C(NC1CCCCC1)OCCn1sc2ccccc2c1=O. The van der Waals surface area contributed by atoms with Crippen molar-refractivity contribution < 1.29 is 9.53 Å². The molecule has 1 amide bonds. The molecule has 6 heteroatoms. The Balaban J connectivity index is 1.50. The molecule has 0 aliphatic heterocycles. The average Bonchev–Trinajstić information content (AvgIpc) is 2.85. The van der Waals surface area contributed by atoms with Crippen LogP contribution in [0, 0.1) is 0 Å². The van der Waals surface area contributed by atoms with Gasteiger partial charge in [-0.1, -0.05) is 42.9 Å². The van der Waals surface area contributed by atoms with E-state index in [1.807, 2.05) is 24.3 Å². The molecule has 1 aromatic carbocycles. The molecule has 0 saturated heterocycles. The molecule has 0 bridgehead atoms. The zero-order chi connectivity index (χ0) is 15.4. The van der Waals surface area contributed by atoms with Gasteiger partial charge in [0.2, 0.25) is 0 Å². The first-order chi connectivity index (χ1) is 10.7. The number of fused-ring (bicyclic) bond motifs is 1. The number of rotatable bonds is 4. The number of nitrogens with one attached hydrogen (secondary N) is 1. The Labute approximate surface area is 133 Å². The molecule has 118 valence electrons. The maximum Gasteiger partial charge on any atom is 0.407 e. The Hall–Kier alpha value is -1.82. The van der Waals surface area contributed by atoms with Crippen molar-refractivity contribution in [2.24, 2.45) is 0 Å². The summed E-state index contributed by atoms with van der Waals surface area (Å²) in [4.78, 5) is 23.9. The van der Waals surface area contributed by atoms with Crippen LogP contribution in [0.25, 0.3) is 10.1 Å². The van der Waals surface area contributed by atoms with Crippen molar-refractivity contribution in [3.63, 3.8) is 0 Å². The summed E-state index contributed by atoms with van der Waals surface area (Å²) >= 11 is 1.40. The van der Waals surface area contributed by atoms with Gasteiger partial charge >= 0.3 is 6.09 Å². The van der Waals surface area contributed by atoms with Gasteiger partial charge in [0, 0.05) is 6.04 Å². The van der Waals surface area contributed by atoms with Crippen LogP contribution >= 0.6 is 11.5 Å². The maximum atomic E-state index is 12.1. The molecule has 0 unspecified atom stereocenters. The summed E-state index contributed by atoms with van der Waals surface area (Å²) < 4.78 is 7.79. The fourth-order valence-electron chi connectivity index (χ4n) is 2.84. The van der Waals surface area contributed by atoms with Crippen molar-refractivity contribution in [2.45, 2.75) is 44.7 Å². The molecular formula is C16H20N2O3S. The monoisotopic (exact) mass is 320 g/mol. The molecule has 1 heterocycles. The second-order valence-electron chi connectivity index (χ2n) is 5.61. The van der Waals surface area contributed by atoms with Crippen molar-refractivity contribution in [3.05, 3.63) is 34.6 Å². The van der Waals surface area contributed by atoms with Gasteiger partial charge in [-0.3, -0.25) is 8.75 Å². The highest BCUT2D eigenvalue weighted by Crippen LogP contribution is 2.17. The van der Waals surface area contributed by atoms with Crippen molar-refractivity contribution in [1.82, 2.24) is 9.27 Å². The standard InChI is InChI=1S/C16H20N2O3S/c19-15-13-8-4-5-9-14(13)22-18(15)10-11-21-16(20)17-12-6-2-1-3-7-12/h4-5,8-9,12H,1-3,6-7,10-11H2,(H,17,20). The first-order valence-electron chi connectivity index (χ1n) is 7.76. The minimum absolute atomic E-state index is 0.0168. The molecule has 1 saturated carbocycles. The van der Waals surface area contributed by atoms with E-state index >= 15 is 0 Å². The molecule has 22 heavy (non-hydrogen) atoms. The van der Waals surface area contributed by atoms with Crippen LogP contribution in [0.5, 0.6) is 0 Å². The molecule has 3 rings (SSSR count). The second kappa shape index (κ2) is 6.96. The van der Waals surface area contributed by atoms with Gasteiger partial charge in [-0.05, 0) is 25.0 Å². The summed E-state index contributed by atoms with van der Waals surface area (Å²) in [5, 5.41) is 3.62. The maximum absolute atomic E-state index is 12.1. The largest absolute Gasteiger partial charge is 0.448 e. The van der Waals surface area contributed by atoms with Crippen LogP contribution in [0.15, 0.2) is 29.1 Å². The fourth-order valence-corrected chi connectivity index (χ4v) is 3.82. The lowest BCUT2D eigenvalue weighted by atomic mass is 9.96. The predicted molar refractivity (Wildman–Crippen MR) is 87.4 cm³/mol. The first kappa shape index (κ1) is 15.1. The van der Waals surface area contributed by atoms with E-state index in [2.05, 4.69) is 5.32 Å². The predicted octanol–water partition coefficient (Wildman–Crippen LogP) is 3.12. The quantitative estimate of drug-likeness (QED) is 0.941. The lowest BCUT2D eigenvalue weighted by molar-refractivity contribution is 0.136. The van der Waals surface area contributed by atoms with E-state index in [0.717, 1.165) is 22.9 Å². The Morgan fingerprint density at radius 1 is 1.27 bits per heavy atom. The van der Waals surface area contributed by atoms with E-state index in [9.17, 15) is 9.59 Å². The number of aromatic nitrogens is 1. The summed E-state index contributed by atoms with van der Waals surface area (Å²) in [5.41, 5.74) is -0.0168. The smallest absolute Gasteiger partial charge is 0.407 e. The molecule has 1 aromatic heterocycles. The van der Waals surface area contributed by atoms with Crippen LogP contribution in [0.1, 0.15) is 32.1 Å². The number of alkyl carbamates (subject to hydrolysis) is 1. The van der Waals surface area contributed by atoms with Crippen LogP contribution in [0.4, 0.5) is 4.79 Å². The van der Waals surface area contributed by atoms with Crippen LogP contribution in [0.2, 0.25) is 0 Å². The fraction of sp³-hybridized carbons (Fsp3) is 0.500. The third-order valence-corrected chi connectivity index (χ3v) is 5.13. The Bertz CT molecular complexity index is 701. The topological polar surface area (TPSA) is 60.3 Å². The summed E-state index contributed by atoms with van der Waals surface area (Å²) in [6.07, 6.45) is 5.28. The van der Waals surface area contributed by atoms with Crippen molar-refractivity contribution >= 4 is 27.7 Å². The van der Waals surface area contributed by atoms with Gasteiger partial charge in [0.15, 0.2) is 0 Å². The number of hydrogen-bond donors (Lipinski definition) is 1. The third-order valence-electron chi connectivity index (χ3n) is 4.01. The second-order valence-corrected chi connectivity index (χ2v) is 6.67. The van der Waals surface area contributed by atoms with Gasteiger partial charge in [0.25, 0.3) is 5.56 Å². The number of hydrogen-bond acceptors (Lipinski definition) is 4. The summed E-state index contributed by atoms with van der Waals surface area (Å²) in [6.45, 7) is 0.613. The number of carbonyl (C=O) groups is 1. The Kier molecular flexibility index (Phi) is 4.77. The van der Waals surface area contributed by atoms with E-state index in [0.29, 0.717) is 6.54 Å². The number of nitrogens with zero attached hydrogens (tertiary/aromatic N) is 1. The van der Waals surface area contributed by atoms with Crippen LogP contribution < -0.4 is 10.9 Å². The van der Waals surface area contributed by atoms with Crippen molar-refractivity contribution in [1.29, 1.82) is 0 Å². The number of amides is 1. The van der Waals surface area contributed by atoms with Gasteiger partial charge in [-0.15, -0.1) is 0 Å². The summed E-state index contributed by atoms with van der Waals surface area (Å²) in [7, 11) is 0. The normalized spacial score (nSPS) is 15.8. The zero-order valence-electron chi connectivity index (χ0n) is 12.4. The number of ether oxygens (including phenoxy) is 1. The summed E-state index contributed by atoms with van der Waals surface area (Å²) in [5.74, 6) is 0. The lowest BCUT2D eigenvalue weighted by Gasteiger charge is -2.22.